The molecule has 0 saturated carbocycles. The molecule has 3 aromatic heterocycles. The summed E-state index contributed by atoms with van der Waals surface area (Å²) in [5.41, 5.74) is 0.694. The average Bonchev–Trinajstić information content (AvgIpc) is 3.14. The van der Waals surface area contributed by atoms with Gasteiger partial charge >= 0.3 is 0 Å². The van der Waals surface area contributed by atoms with E-state index in [2.05, 4.69) is 36.3 Å². The summed E-state index contributed by atoms with van der Waals surface area (Å²) in [6.45, 7) is 7.76. The van der Waals surface area contributed by atoms with Gasteiger partial charge in [0.25, 0.3) is 5.56 Å². The number of fused-ring (bicyclic) bond motifs is 1. The van der Waals surface area contributed by atoms with Crippen LogP contribution in [-0.2, 0) is 5.54 Å². The lowest BCUT2D eigenvalue weighted by Gasteiger charge is -2.33. The number of rotatable bonds is 3. The lowest BCUT2D eigenvalue weighted by Crippen LogP contribution is -2.40. The SMILES string of the molecule is CC(C)(C)n1ncc2c(=O)[nH]c(NC3CCN(c4ccc(C#N)cn4)CC3)nc21. The zero-order valence-electron chi connectivity index (χ0n) is 16.8. The molecule has 0 radical (unpaired) electrons. The Morgan fingerprint density at radius 2 is 2.00 bits per heavy atom. The average molecular weight is 392 g/mol. The van der Waals surface area contributed by atoms with Crippen LogP contribution in [0.5, 0.6) is 0 Å². The minimum Gasteiger partial charge on any atom is -0.356 e. The molecule has 0 amide bonds. The second kappa shape index (κ2) is 7.20. The molecule has 9 nitrogen and oxygen atoms in total. The number of aromatic amines is 1. The van der Waals surface area contributed by atoms with Gasteiger partial charge in [-0.25, -0.2) is 9.67 Å². The molecule has 150 valence electrons. The standard InChI is InChI=1S/C20H24N8O/c1-20(2,3)28-17-15(12-23-28)18(29)26-19(25-17)24-14-6-8-27(9-7-14)16-5-4-13(10-21)11-22-16/h4-5,11-12,14H,6-9H2,1-3H3,(H2,24,25,26,29). The van der Waals surface area contributed by atoms with Crippen LogP contribution in [-0.4, -0.2) is 43.9 Å². The Bertz CT molecular complexity index is 1110. The van der Waals surface area contributed by atoms with Gasteiger partial charge in [0.2, 0.25) is 5.95 Å². The topological polar surface area (TPSA) is 116 Å². The third-order valence-electron chi connectivity index (χ3n) is 5.11. The fourth-order valence-electron chi connectivity index (χ4n) is 3.56. The molecule has 3 aromatic rings. The minimum absolute atomic E-state index is 0.188. The Morgan fingerprint density at radius 1 is 1.24 bits per heavy atom. The van der Waals surface area contributed by atoms with Crippen molar-refractivity contribution in [3.05, 3.63) is 40.4 Å². The molecule has 2 N–H and O–H groups in total. The van der Waals surface area contributed by atoms with E-state index in [1.807, 2.05) is 26.8 Å². The number of anilines is 2. The number of H-pyrrole nitrogens is 1. The van der Waals surface area contributed by atoms with Gasteiger partial charge < -0.3 is 10.2 Å². The van der Waals surface area contributed by atoms with Crippen molar-refractivity contribution < 1.29 is 0 Å². The summed E-state index contributed by atoms with van der Waals surface area (Å²) >= 11 is 0. The van der Waals surface area contributed by atoms with Gasteiger partial charge in [-0.15, -0.1) is 0 Å². The number of nitrogens with one attached hydrogen (secondary N) is 2. The molecule has 0 unspecified atom stereocenters. The highest BCUT2D eigenvalue weighted by Crippen LogP contribution is 2.21. The number of hydrogen-bond donors (Lipinski definition) is 2. The predicted molar refractivity (Wildman–Crippen MR) is 111 cm³/mol. The molecule has 1 fully saturated rings. The summed E-state index contributed by atoms with van der Waals surface area (Å²) in [7, 11) is 0. The molecule has 0 bridgehead atoms. The smallest absolute Gasteiger partial charge is 0.263 e. The number of hydrogen-bond acceptors (Lipinski definition) is 7. The summed E-state index contributed by atoms with van der Waals surface area (Å²) in [5, 5.41) is 17.1. The summed E-state index contributed by atoms with van der Waals surface area (Å²) in [4.78, 5) is 26.5. The van der Waals surface area contributed by atoms with Crippen LogP contribution in [0.4, 0.5) is 11.8 Å². The summed E-state index contributed by atoms with van der Waals surface area (Å²) in [6.07, 6.45) is 4.95. The quantitative estimate of drug-likeness (QED) is 0.702. The normalized spacial score (nSPS) is 15.4. The largest absolute Gasteiger partial charge is 0.356 e. The molecule has 1 aliphatic heterocycles. The molecule has 4 rings (SSSR count). The van der Waals surface area contributed by atoms with Crippen molar-refractivity contribution in [2.45, 2.75) is 45.2 Å². The second-order valence-corrected chi connectivity index (χ2v) is 8.30. The van der Waals surface area contributed by atoms with E-state index in [4.69, 9.17) is 5.26 Å². The summed E-state index contributed by atoms with van der Waals surface area (Å²) < 4.78 is 1.78. The second-order valence-electron chi connectivity index (χ2n) is 8.30. The maximum atomic E-state index is 12.4. The molecule has 1 saturated heterocycles. The van der Waals surface area contributed by atoms with E-state index in [0.717, 1.165) is 31.7 Å². The Balaban J connectivity index is 1.47. The number of nitrogens with zero attached hydrogens (tertiary/aromatic N) is 6. The van der Waals surface area contributed by atoms with Crippen molar-refractivity contribution in [1.29, 1.82) is 5.26 Å². The molecule has 0 aromatic carbocycles. The molecule has 1 aliphatic rings. The molecular weight excluding hydrogens is 368 g/mol. The third-order valence-corrected chi connectivity index (χ3v) is 5.11. The molecule has 0 atom stereocenters. The predicted octanol–water partition coefficient (Wildman–Crippen LogP) is 2.22. The lowest BCUT2D eigenvalue weighted by molar-refractivity contribution is 0.366. The maximum Gasteiger partial charge on any atom is 0.263 e. The Kier molecular flexibility index (Phi) is 4.70. The van der Waals surface area contributed by atoms with Crippen LogP contribution < -0.4 is 15.8 Å². The van der Waals surface area contributed by atoms with Crippen molar-refractivity contribution in [3.8, 4) is 6.07 Å². The lowest BCUT2D eigenvalue weighted by atomic mass is 10.1. The van der Waals surface area contributed by atoms with E-state index >= 15 is 0 Å². The van der Waals surface area contributed by atoms with E-state index in [9.17, 15) is 4.79 Å². The van der Waals surface area contributed by atoms with Crippen LogP contribution in [0, 0.1) is 11.3 Å². The molecular formula is C20H24N8O. The highest BCUT2D eigenvalue weighted by molar-refractivity contribution is 5.74. The van der Waals surface area contributed by atoms with Crippen LogP contribution in [0.2, 0.25) is 0 Å². The van der Waals surface area contributed by atoms with Crippen LogP contribution in [0.25, 0.3) is 11.0 Å². The van der Waals surface area contributed by atoms with Crippen LogP contribution in [0.3, 0.4) is 0 Å². The van der Waals surface area contributed by atoms with Gasteiger partial charge in [-0.05, 0) is 45.7 Å². The van der Waals surface area contributed by atoms with Crippen molar-refractivity contribution in [3.63, 3.8) is 0 Å². The van der Waals surface area contributed by atoms with Crippen LogP contribution in [0.1, 0.15) is 39.2 Å². The van der Waals surface area contributed by atoms with Crippen LogP contribution >= 0.6 is 0 Å². The van der Waals surface area contributed by atoms with Gasteiger partial charge in [-0.3, -0.25) is 9.78 Å². The fourth-order valence-corrected chi connectivity index (χ4v) is 3.56. The minimum atomic E-state index is -0.265. The van der Waals surface area contributed by atoms with E-state index < -0.39 is 0 Å². The molecule has 4 heterocycles. The van der Waals surface area contributed by atoms with Gasteiger partial charge in [-0.2, -0.15) is 15.3 Å². The highest BCUT2D eigenvalue weighted by Gasteiger charge is 2.23. The number of nitriles is 1. The van der Waals surface area contributed by atoms with Gasteiger partial charge in [0.05, 0.1) is 17.3 Å². The van der Waals surface area contributed by atoms with Crippen molar-refractivity contribution in [2.75, 3.05) is 23.3 Å². The molecule has 9 heteroatoms. The first-order valence-electron chi connectivity index (χ1n) is 9.71. The first-order valence-corrected chi connectivity index (χ1v) is 9.71. The van der Waals surface area contributed by atoms with E-state index in [1.54, 1.807) is 23.1 Å². The van der Waals surface area contributed by atoms with Crippen LogP contribution in [0.15, 0.2) is 29.3 Å². The number of aromatic nitrogens is 5. The summed E-state index contributed by atoms with van der Waals surface area (Å²) in [6, 6.07) is 5.96. The fraction of sp³-hybridized carbons (Fsp3) is 0.450. The van der Waals surface area contributed by atoms with E-state index in [-0.39, 0.29) is 17.1 Å². The van der Waals surface area contributed by atoms with Gasteiger partial charge in [0.15, 0.2) is 5.65 Å². The van der Waals surface area contributed by atoms with Crippen molar-refractivity contribution >= 4 is 22.8 Å². The molecule has 29 heavy (non-hydrogen) atoms. The molecule has 0 spiro atoms. The monoisotopic (exact) mass is 392 g/mol. The maximum absolute atomic E-state index is 12.4. The van der Waals surface area contributed by atoms with Gasteiger partial charge in [0.1, 0.15) is 17.3 Å². The third kappa shape index (κ3) is 3.78. The number of pyridine rings is 1. The first kappa shape index (κ1) is 18.9. The van der Waals surface area contributed by atoms with E-state index in [0.29, 0.717) is 22.5 Å². The Morgan fingerprint density at radius 3 is 2.62 bits per heavy atom. The zero-order chi connectivity index (χ0) is 20.6. The number of piperidine rings is 1. The first-order chi connectivity index (χ1) is 13.8. The highest BCUT2D eigenvalue weighted by atomic mass is 16.1. The zero-order valence-corrected chi connectivity index (χ0v) is 16.8. The molecule has 0 aliphatic carbocycles. The Hall–Kier alpha value is -3.41. The van der Waals surface area contributed by atoms with Crippen molar-refractivity contribution in [2.24, 2.45) is 0 Å². The van der Waals surface area contributed by atoms with Gasteiger partial charge in [0, 0.05) is 25.3 Å². The van der Waals surface area contributed by atoms with Gasteiger partial charge in [-0.1, -0.05) is 0 Å². The van der Waals surface area contributed by atoms with Crippen molar-refractivity contribution in [1.82, 2.24) is 24.7 Å². The van der Waals surface area contributed by atoms with E-state index in [1.165, 1.54) is 0 Å². The Labute approximate surface area is 168 Å². The summed E-state index contributed by atoms with van der Waals surface area (Å²) in [5.74, 6) is 1.35.